The van der Waals surface area contributed by atoms with Crippen molar-refractivity contribution in [1.29, 1.82) is 5.26 Å². The molecular formula is C26H25FN4. The highest BCUT2D eigenvalue weighted by Crippen LogP contribution is 2.28. The Hall–Kier alpha value is -3.65. The second-order valence-electron chi connectivity index (χ2n) is 8.88. The van der Waals surface area contributed by atoms with E-state index >= 15 is 0 Å². The Morgan fingerprint density at radius 3 is 2.45 bits per heavy atom. The number of nitrogens with zero attached hydrogens (tertiary/aromatic N) is 3. The number of hydrogen-bond acceptors (Lipinski definition) is 2. The summed E-state index contributed by atoms with van der Waals surface area (Å²) in [6.45, 7) is 10.7. The van der Waals surface area contributed by atoms with Gasteiger partial charge in [-0.15, -0.1) is 0 Å². The lowest BCUT2D eigenvalue weighted by atomic mass is 9.87. The lowest BCUT2D eigenvalue weighted by Crippen LogP contribution is -2.11. The van der Waals surface area contributed by atoms with Gasteiger partial charge in [0.25, 0.3) is 0 Å². The summed E-state index contributed by atoms with van der Waals surface area (Å²) in [5.74, 6) is 0.0913. The maximum Gasteiger partial charge on any atom is 0.149 e. The van der Waals surface area contributed by atoms with Gasteiger partial charge in [-0.25, -0.2) is 9.37 Å². The summed E-state index contributed by atoms with van der Waals surface area (Å²) in [4.78, 5) is 7.50. The fraction of sp³-hybridized carbons (Fsp3) is 0.231. The molecule has 2 aromatic heterocycles. The predicted molar refractivity (Wildman–Crippen MR) is 123 cm³/mol. The minimum atomic E-state index is -0.341. The summed E-state index contributed by atoms with van der Waals surface area (Å²) in [5, 5.41) is 9.75. The summed E-state index contributed by atoms with van der Waals surface area (Å²) < 4.78 is 15.7. The molecule has 1 N–H and O–H groups in total. The number of rotatable bonds is 3. The van der Waals surface area contributed by atoms with Crippen LogP contribution in [0.2, 0.25) is 0 Å². The number of nitriles is 1. The molecule has 0 aliphatic heterocycles. The monoisotopic (exact) mass is 412 g/mol. The number of aromatic amines is 1. The van der Waals surface area contributed by atoms with E-state index < -0.39 is 0 Å². The number of benzene rings is 2. The van der Waals surface area contributed by atoms with Gasteiger partial charge in [0.1, 0.15) is 17.7 Å². The Balaban J connectivity index is 1.74. The summed E-state index contributed by atoms with van der Waals surface area (Å²) in [6.07, 6.45) is 1.83. The van der Waals surface area contributed by atoms with Gasteiger partial charge in [-0.3, -0.25) is 0 Å². The first-order valence-electron chi connectivity index (χ1n) is 10.2. The van der Waals surface area contributed by atoms with E-state index in [9.17, 15) is 9.65 Å². The van der Waals surface area contributed by atoms with E-state index in [2.05, 4.69) is 78.6 Å². The van der Waals surface area contributed by atoms with Gasteiger partial charge in [-0.2, -0.15) is 5.26 Å². The van der Waals surface area contributed by atoms with E-state index in [4.69, 9.17) is 0 Å². The Kier molecular flexibility index (Phi) is 5.02. The summed E-state index contributed by atoms with van der Waals surface area (Å²) in [7, 11) is 0. The summed E-state index contributed by atoms with van der Waals surface area (Å²) >= 11 is 0. The predicted octanol–water partition coefficient (Wildman–Crippen LogP) is 6.47. The summed E-state index contributed by atoms with van der Waals surface area (Å²) in [5.41, 5.74) is 7.13. The minimum Gasteiger partial charge on any atom is -0.337 e. The molecule has 0 aliphatic carbocycles. The van der Waals surface area contributed by atoms with E-state index in [1.165, 1.54) is 17.7 Å². The molecule has 156 valence electrons. The number of aromatic nitrogens is 3. The smallest absolute Gasteiger partial charge is 0.149 e. The second kappa shape index (κ2) is 7.55. The fourth-order valence-electron chi connectivity index (χ4n) is 3.86. The van der Waals surface area contributed by atoms with Gasteiger partial charge in [-0.1, -0.05) is 32.9 Å². The van der Waals surface area contributed by atoms with Gasteiger partial charge < -0.3 is 9.55 Å². The highest BCUT2D eigenvalue weighted by molar-refractivity contribution is 5.90. The van der Waals surface area contributed by atoms with Gasteiger partial charge in [0.2, 0.25) is 0 Å². The van der Waals surface area contributed by atoms with Crippen LogP contribution < -0.4 is 0 Å². The van der Waals surface area contributed by atoms with Crippen molar-refractivity contribution < 1.29 is 4.39 Å². The minimum absolute atomic E-state index is 0.102. The lowest BCUT2D eigenvalue weighted by Gasteiger charge is -2.20. The molecule has 2 aromatic carbocycles. The normalized spacial score (nSPS) is 12.4. The zero-order chi connectivity index (χ0) is 22.3. The highest BCUT2D eigenvalue weighted by atomic mass is 19.1. The molecule has 0 saturated carbocycles. The van der Waals surface area contributed by atoms with Gasteiger partial charge in [0.05, 0.1) is 16.6 Å². The van der Waals surface area contributed by atoms with Crippen molar-refractivity contribution in [3.05, 3.63) is 82.7 Å². The second-order valence-corrected chi connectivity index (χ2v) is 8.88. The number of fused-ring (bicyclic) bond motifs is 1. The molecule has 0 aliphatic rings. The van der Waals surface area contributed by atoms with Crippen molar-refractivity contribution in [2.45, 2.75) is 40.0 Å². The van der Waals surface area contributed by atoms with E-state index in [-0.39, 0.29) is 11.2 Å². The van der Waals surface area contributed by atoms with Crippen molar-refractivity contribution >= 4 is 22.7 Å². The fourth-order valence-corrected chi connectivity index (χ4v) is 3.86. The zero-order valence-electron chi connectivity index (χ0n) is 18.4. The van der Waals surface area contributed by atoms with E-state index in [1.54, 1.807) is 6.07 Å². The Morgan fingerprint density at radius 1 is 1.10 bits per heavy atom. The van der Waals surface area contributed by atoms with Crippen LogP contribution in [0.15, 0.2) is 48.5 Å². The molecule has 0 amide bonds. The first-order chi connectivity index (χ1) is 14.7. The third kappa shape index (κ3) is 3.89. The van der Waals surface area contributed by atoms with E-state index in [1.807, 2.05) is 13.0 Å². The van der Waals surface area contributed by atoms with Crippen LogP contribution in [0.5, 0.6) is 0 Å². The van der Waals surface area contributed by atoms with Crippen molar-refractivity contribution in [2.24, 2.45) is 0 Å². The van der Waals surface area contributed by atoms with Crippen LogP contribution in [0.4, 0.5) is 4.39 Å². The maximum absolute atomic E-state index is 13.5. The SMILES string of the molecule is Cc1cc(/C=C(/C#N)c2nc3ccc(F)cc3[nH]2)c(C)n1-c1ccc(C(C)(C)C)cc1. The maximum atomic E-state index is 13.5. The van der Waals surface area contributed by atoms with Crippen LogP contribution >= 0.6 is 0 Å². The first-order valence-corrected chi connectivity index (χ1v) is 10.2. The Morgan fingerprint density at radius 2 is 1.81 bits per heavy atom. The van der Waals surface area contributed by atoms with Crippen LogP contribution in [0.25, 0.3) is 28.4 Å². The molecule has 2 heterocycles. The third-order valence-electron chi connectivity index (χ3n) is 5.58. The average Bonchev–Trinajstić information content (AvgIpc) is 3.25. The standard InChI is InChI=1S/C26H25FN4/c1-16-12-18(17(2)31(16)22-9-6-20(7-10-22)26(3,4)5)13-19(15-28)25-29-23-11-8-21(27)14-24(23)30-25/h6-14H,1-5H3,(H,29,30)/b19-13-. The molecule has 4 nitrogen and oxygen atoms in total. The number of nitrogens with one attached hydrogen (secondary N) is 1. The molecule has 0 fully saturated rings. The number of allylic oxidation sites excluding steroid dienone is 1. The summed E-state index contributed by atoms with van der Waals surface area (Å²) in [6, 6.07) is 17.2. The van der Waals surface area contributed by atoms with Crippen LogP contribution in [0.1, 0.15) is 49.1 Å². The van der Waals surface area contributed by atoms with Gasteiger partial charge >= 0.3 is 0 Å². The Bertz CT molecular complexity index is 1340. The number of imidazole rings is 1. The van der Waals surface area contributed by atoms with Gasteiger partial charge in [0, 0.05) is 17.1 Å². The number of hydrogen-bond donors (Lipinski definition) is 1. The first kappa shape index (κ1) is 20.6. The molecule has 4 rings (SSSR count). The van der Waals surface area contributed by atoms with E-state index in [0.29, 0.717) is 22.4 Å². The van der Waals surface area contributed by atoms with Crippen LogP contribution in [-0.4, -0.2) is 14.5 Å². The van der Waals surface area contributed by atoms with E-state index in [0.717, 1.165) is 22.6 Å². The molecule has 4 aromatic rings. The molecule has 0 atom stereocenters. The molecule has 5 heteroatoms. The topological polar surface area (TPSA) is 57.4 Å². The molecule has 0 radical (unpaired) electrons. The van der Waals surface area contributed by atoms with Gasteiger partial charge in [0.15, 0.2) is 0 Å². The van der Waals surface area contributed by atoms with Crippen molar-refractivity contribution in [3.8, 4) is 11.8 Å². The molecule has 31 heavy (non-hydrogen) atoms. The van der Waals surface area contributed by atoms with Gasteiger partial charge in [-0.05, 0) is 72.9 Å². The quantitative estimate of drug-likeness (QED) is 0.392. The zero-order valence-corrected chi connectivity index (χ0v) is 18.4. The van der Waals surface area contributed by atoms with Crippen molar-refractivity contribution in [1.82, 2.24) is 14.5 Å². The number of H-pyrrole nitrogens is 1. The van der Waals surface area contributed by atoms with Crippen molar-refractivity contribution in [3.63, 3.8) is 0 Å². The van der Waals surface area contributed by atoms with Crippen LogP contribution in [0, 0.1) is 31.0 Å². The average molecular weight is 413 g/mol. The molecular weight excluding hydrogens is 387 g/mol. The molecule has 0 spiro atoms. The van der Waals surface area contributed by atoms with Crippen LogP contribution in [0.3, 0.4) is 0 Å². The number of halogens is 1. The van der Waals surface area contributed by atoms with Crippen LogP contribution in [-0.2, 0) is 5.41 Å². The highest BCUT2D eigenvalue weighted by Gasteiger charge is 2.16. The molecule has 0 bridgehead atoms. The number of aryl methyl sites for hydroxylation is 1. The molecule has 0 unspecified atom stereocenters. The largest absolute Gasteiger partial charge is 0.337 e. The third-order valence-corrected chi connectivity index (χ3v) is 5.58. The molecule has 0 saturated heterocycles. The van der Waals surface area contributed by atoms with Crippen molar-refractivity contribution in [2.75, 3.05) is 0 Å². The Labute approximate surface area is 181 Å². The lowest BCUT2D eigenvalue weighted by molar-refractivity contribution is 0.590.